The first-order valence-electron chi connectivity index (χ1n) is 2.72. The van der Waals surface area contributed by atoms with Gasteiger partial charge in [-0.3, -0.25) is 0 Å². The summed E-state index contributed by atoms with van der Waals surface area (Å²) < 4.78 is 0. The highest BCUT2D eigenvalue weighted by Crippen LogP contribution is 2.24. The Morgan fingerprint density at radius 1 is 1.62 bits per heavy atom. The van der Waals surface area contributed by atoms with Crippen LogP contribution in [0.1, 0.15) is 20.8 Å². The van der Waals surface area contributed by atoms with Crippen molar-refractivity contribution in [2.24, 2.45) is 5.41 Å². The Morgan fingerprint density at radius 3 is 2.00 bits per heavy atom. The van der Waals surface area contributed by atoms with E-state index < -0.39 is 0 Å². The van der Waals surface area contributed by atoms with E-state index in [2.05, 4.69) is 20.4 Å². The van der Waals surface area contributed by atoms with E-state index in [1.165, 1.54) is 0 Å². The summed E-state index contributed by atoms with van der Waals surface area (Å²) in [4.78, 5) is 0. The van der Waals surface area contributed by atoms with E-state index in [1.807, 2.05) is 6.92 Å². The molecule has 8 heavy (non-hydrogen) atoms. The van der Waals surface area contributed by atoms with Crippen LogP contribution in [0, 0.1) is 5.41 Å². The van der Waals surface area contributed by atoms with Crippen molar-refractivity contribution in [2.45, 2.75) is 20.8 Å². The van der Waals surface area contributed by atoms with Crippen LogP contribution in [0.4, 0.5) is 0 Å². The van der Waals surface area contributed by atoms with Crippen LogP contribution in [0.25, 0.3) is 0 Å². The standard InChI is InChI=1S/C7H13Cl/c1-6(2)7(3,4)5-8/h1,5H2,2-4H3. The molecule has 0 aliphatic carbocycles. The normalized spacial score (nSPS) is 11.5. The van der Waals surface area contributed by atoms with Crippen LogP contribution < -0.4 is 0 Å². The predicted molar refractivity (Wildman–Crippen MR) is 39.3 cm³/mol. The van der Waals surface area contributed by atoms with Crippen LogP contribution in [0.3, 0.4) is 0 Å². The fourth-order valence-electron chi connectivity index (χ4n) is 0.114. The third kappa shape index (κ3) is 1.87. The van der Waals surface area contributed by atoms with Gasteiger partial charge in [-0.05, 0) is 12.3 Å². The molecule has 0 aliphatic heterocycles. The van der Waals surface area contributed by atoms with Gasteiger partial charge in [0.05, 0.1) is 0 Å². The second-order valence-electron chi connectivity index (χ2n) is 2.80. The van der Waals surface area contributed by atoms with E-state index in [4.69, 9.17) is 11.6 Å². The van der Waals surface area contributed by atoms with Crippen molar-refractivity contribution in [3.63, 3.8) is 0 Å². The summed E-state index contributed by atoms with van der Waals surface area (Å²) in [5.74, 6) is 0.655. The molecule has 0 heterocycles. The largest absolute Gasteiger partial charge is 0.126 e. The monoisotopic (exact) mass is 132 g/mol. The van der Waals surface area contributed by atoms with Gasteiger partial charge in [-0.2, -0.15) is 0 Å². The lowest BCUT2D eigenvalue weighted by Crippen LogP contribution is -2.13. The lowest BCUT2D eigenvalue weighted by atomic mass is 9.89. The maximum atomic E-state index is 5.63. The van der Waals surface area contributed by atoms with E-state index in [9.17, 15) is 0 Å². The Hall–Kier alpha value is 0.0300. The van der Waals surface area contributed by atoms with Gasteiger partial charge < -0.3 is 0 Å². The lowest BCUT2D eigenvalue weighted by Gasteiger charge is -2.20. The Labute approximate surface area is 56.5 Å². The van der Waals surface area contributed by atoms with Crippen LogP contribution in [0.15, 0.2) is 12.2 Å². The average molecular weight is 133 g/mol. The quantitative estimate of drug-likeness (QED) is 0.401. The molecule has 0 aromatic heterocycles. The summed E-state index contributed by atoms with van der Waals surface area (Å²) in [5.41, 5.74) is 1.26. The van der Waals surface area contributed by atoms with E-state index in [1.54, 1.807) is 0 Å². The maximum Gasteiger partial charge on any atom is 0.0311 e. The van der Waals surface area contributed by atoms with E-state index in [0.29, 0.717) is 5.88 Å². The summed E-state index contributed by atoms with van der Waals surface area (Å²) in [7, 11) is 0. The molecule has 0 amide bonds. The molecule has 1 heteroatoms. The number of rotatable bonds is 2. The van der Waals surface area contributed by atoms with E-state index >= 15 is 0 Å². The molecule has 0 aromatic carbocycles. The highest BCUT2D eigenvalue weighted by molar-refractivity contribution is 6.18. The van der Waals surface area contributed by atoms with Crippen LogP contribution in [0.2, 0.25) is 0 Å². The molecule has 0 unspecified atom stereocenters. The van der Waals surface area contributed by atoms with Gasteiger partial charge in [-0.15, -0.1) is 11.6 Å². The van der Waals surface area contributed by atoms with Gasteiger partial charge in [0.1, 0.15) is 0 Å². The van der Waals surface area contributed by atoms with Gasteiger partial charge in [0.15, 0.2) is 0 Å². The number of hydrogen-bond donors (Lipinski definition) is 0. The smallest absolute Gasteiger partial charge is 0.0311 e. The first-order valence-corrected chi connectivity index (χ1v) is 3.26. The molecule has 48 valence electrons. The van der Waals surface area contributed by atoms with Crippen molar-refractivity contribution in [1.82, 2.24) is 0 Å². The molecule has 0 rings (SSSR count). The molecule has 0 fully saturated rings. The second kappa shape index (κ2) is 2.54. The molecule has 0 radical (unpaired) electrons. The van der Waals surface area contributed by atoms with Crippen LogP contribution >= 0.6 is 11.6 Å². The predicted octanol–water partition coefficient (Wildman–Crippen LogP) is 2.83. The van der Waals surface area contributed by atoms with E-state index in [0.717, 1.165) is 5.57 Å². The summed E-state index contributed by atoms with van der Waals surface area (Å²) in [6, 6.07) is 0. The Bertz CT molecular complexity index is 92.6. The van der Waals surface area contributed by atoms with E-state index in [-0.39, 0.29) is 5.41 Å². The molecule has 0 nitrogen and oxygen atoms in total. The number of halogens is 1. The maximum absolute atomic E-state index is 5.63. The molecule has 0 aliphatic rings. The number of allylic oxidation sites excluding steroid dienone is 1. The van der Waals surface area contributed by atoms with Crippen molar-refractivity contribution in [2.75, 3.05) is 5.88 Å². The molecule has 0 spiro atoms. The zero-order chi connectivity index (χ0) is 6.78. The van der Waals surface area contributed by atoms with Crippen molar-refractivity contribution >= 4 is 11.6 Å². The van der Waals surface area contributed by atoms with Gasteiger partial charge in [-0.25, -0.2) is 0 Å². The third-order valence-electron chi connectivity index (χ3n) is 1.49. The van der Waals surface area contributed by atoms with Crippen LogP contribution in [-0.4, -0.2) is 5.88 Å². The minimum Gasteiger partial charge on any atom is -0.126 e. The van der Waals surface area contributed by atoms with Gasteiger partial charge >= 0.3 is 0 Å². The summed E-state index contributed by atoms with van der Waals surface area (Å²) in [6.07, 6.45) is 0. The summed E-state index contributed by atoms with van der Waals surface area (Å²) in [5, 5.41) is 0. The fourth-order valence-corrected chi connectivity index (χ4v) is 0.342. The zero-order valence-electron chi connectivity index (χ0n) is 5.79. The van der Waals surface area contributed by atoms with Crippen molar-refractivity contribution in [3.05, 3.63) is 12.2 Å². The van der Waals surface area contributed by atoms with Gasteiger partial charge in [0.2, 0.25) is 0 Å². The first kappa shape index (κ1) is 8.03. The van der Waals surface area contributed by atoms with Crippen LogP contribution in [0.5, 0.6) is 0 Å². The Kier molecular flexibility index (Phi) is 2.55. The highest BCUT2D eigenvalue weighted by Gasteiger charge is 2.15. The summed E-state index contributed by atoms with van der Waals surface area (Å²) >= 11 is 5.63. The summed E-state index contributed by atoms with van der Waals surface area (Å²) in [6.45, 7) is 9.99. The fraction of sp³-hybridized carbons (Fsp3) is 0.714. The Morgan fingerprint density at radius 2 is 2.00 bits per heavy atom. The van der Waals surface area contributed by atoms with Crippen LogP contribution in [-0.2, 0) is 0 Å². The molecular formula is C7H13Cl. The van der Waals surface area contributed by atoms with Gasteiger partial charge in [0.25, 0.3) is 0 Å². The Balaban J connectivity index is 3.91. The zero-order valence-corrected chi connectivity index (χ0v) is 6.55. The minimum atomic E-state index is 0.113. The SMILES string of the molecule is C=C(C)C(C)(C)CCl. The second-order valence-corrected chi connectivity index (χ2v) is 3.07. The molecule has 0 atom stereocenters. The molecule has 0 saturated heterocycles. The van der Waals surface area contributed by atoms with Crippen molar-refractivity contribution in [3.8, 4) is 0 Å². The number of hydrogen-bond acceptors (Lipinski definition) is 0. The third-order valence-corrected chi connectivity index (χ3v) is 2.16. The molecular weight excluding hydrogens is 120 g/mol. The van der Waals surface area contributed by atoms with Gasteiger partial charge in [0, 0.05) is 5.88 Å². The van der Waals surface area contributed by atoms with Gasteiger partial charge in [-0.1, -0.05) is 26.0 Å². The molecule has 0 bridgehead atoms. The van der Waals surface area contributed by atoms with Crippen molar-refractivity contribution in [1.29, 1.82) is 0 Å². The topological polar surface area (TPSA) is 0 Å². The molecule has 0 saturated carbocycles. The van der Waals surface area contributed by atoms with Crippen molar-refractivity contribution < 1.29 is 0 Å². The minimum absolute atomic E-state index is 0.113. The number of alkyl halides is 1. The first-order chi connectivity index (χ1) is 3.50. The average Bonchev–Trinajstić information content (AvgIpc) is 1.67. The lowest BCUT2D eigenvalue weighted by molar-refractivity contribution is 0.514. The molecule has 0 aromatic rings. The molecule has 0 N–H and O–H groups in total. The highest BCUT2D eigenvalue weighted by atomic mass is 35.5.